The lowest BCUT2D eigenvalue weighted by Crippen LogP contribution is -2.21. The van der Waals surface area contributed by atoms with Gasteiger partial charge in [-0.3, -0.25) is 0 Å². The first-order valence-corrected chi connectivity index (χ1v) is 13.6. The van der Waals surface area contributed by atoms with Gasteiger partial charge in [-0.2, -0.15) is 0 Å². The second kappa shape index (κ2) is 12.0. The molecule has 0 aromatic heterocycles. The van der Waals surface area contributed by atoms with Gasteiger partial charge in [0, 0.05) is 0 Å². The van der Waals surface area contributed by atoms with Crippen LogP contribution < -0.4 is 4.74 Å². The Kier molecular flexibility index (Phi) is 8.95. The smallest absolute Gasteiger partial charge is 0.399 e. The highest BCUT2D eigenvalue weighted by Crippen LogP contribution is 2.41. The first-order chi connectivity index (χ1) is 17.2. The molecule has 1 nitrogen and oxygen atoms in total. The molecule has 198 valence electrons. The fraction of sp³-hybridized carbons (Fsp3) is 0.600. The number of alkyl halides is 3. The van der Waals surface area contributed by atoms with Crippen LogP contribution in [0.5, 0.6) is 5.75 Å². The molecule has 2 aliphatic carbocycles. The minimum Gasteiger partial charge on any atom is -0.399 e. The molecule has 1 unspecified atom stereocenters. The van der Waals surface area contributed by atoms with Crippen molar-refractivity contribution in [3.63, 3.8) is 0 Å². The van der Waals surface area contributed by atoms with Gasteiger partial charge in [-0.05, 0) is 91.0 Å². The molecule has 4 rings (SSSR count). The zero-order chi connectivity index (χ0) is 25.7. The van der Waals surface area contributed by atoms with Crippen LogP contribution in [0, 0.1) is 17.6 Å². The van der Waals surface area contributed by atoms with Crippen LogP contribution in [0.3, 0.4) is 0 Å². The largest absolute Gasteiger partial charge is 0.573 e. The zero-order valence-corrected chi connectivity index (χ0v) is 21.1. The van der Waals surface area contributed by atoms with E-state index < -0.39 is 23.7 Å². The number of unbranched alkanes of at least 4 members (excludes halogenated alkanes) is 4. The maximum atomic E-state index is 14.6. The summed E-state index contributed by atoms with van der Waals surface area (Å²) in [5, 5.41) is 0. The minimum absolute atomic E-state index is 0.0863. The van der Waals surface area contributed by atoms with Gasteiger partial charge >= 0.3 is 6.36 Å². The van der Waals surface area contributed by atoms with Crippen LogP contribution in [0.4, 0.5) is 22.0 Å². The SMILES string of the molecule is CCCCCCCC1CCC(c2ccc(C3CCc4c(cc(F)c(OC(F)(F)F)c4F)C3)cc2)CC1. The fourth-order valence-electron chi connectivity index (χ4n) is 6.18. The van der Waals surface area contributed by atoms with Crippen LogP contribution in [0.2, 0.25) is 0 Å². The molecule has 0 aliphatic heterocycles. The van der Waals surface area contributed by atoms with E-state index in [4.69, 9.17) is 0 Å². The van der Waals surface area contributed by atoms with Gasteiger partial charge in [-0.25, -0.2) is 8.78 Å². The summed E-state index contributed by atoms with van der Waals surface area (Å²) in [4.78, 5) is 0. The number of hydrogen-bond donors (Lipinski definition) is 0. The summed E-state index contributed by atoms with van der Waals surface area (Å²) >= 11 is 0. The average molecular weight is 509 g/mol. The van der Waals surface area contributed by atoms with Gasteiger partial charge in [-0.1, -0.05) is 69.7 Å². The maximum absolute atomic E-state index is 14.6. The quantitative estimate of drug-likeness (QED) is 0.242. The lowest BCUT2D eigenvalue weighted by atomic mass is 9.76. The van der Waals surface area contributed by atoms with E-state index in [1.165, 1.54) is 69.8 Å². The molecule has 0 saturated heterocycles. The van der Waals surface area contributed by atoms with Gasteiger partial charge in [0.25, 0.3) is 0 Å². The number of fused-ring (bicyclic) bond motifs is 1. The molecule has 0 radical (unpaired) electrons. The van der Waals surface area contributed by atoms with Crippen LogP contribution in [0.1, 0.15) is 112 Å². The Balaban J connectivity index is 1.33. The average Bonchev–Trinajstić information content (AvgIpc) is 2.86. The molecule has 6 heteroatoms. The molecule has 1 saturated carbocycles. The van der Waals surface area contributed by atoms with Crippen molar-refractivity contribution in [3.05, 3.63) is 64.2 Å². The molecule has 0 heterocycles. The predicted octanol–water partition coefficient (Wildman–Crippen LogP) is 9.77. The molecule has 2 aliphatic rings. The van der Waals surface area contributed by atoms with Crippen molar-refractivity contribution in [3.8, 4) is 5.75 Å². The Morgan fingerprint density at radius 1 is 0.833 bits per heavy atom. The van der Waals surface area contributed by atoms with E-state index >= 15 is 0 Å². The fourth-order valence-corrected chi connectivity index (χ4v) is 6.18. The van der Waals surface area contributed by atoms with Crippen molar-refractivity contribution in [2.45, 2.75) is 109 Å². The maximum Gasteiger partial charge on any atom is 0.573 e. The molecule has 0 amide bonds. The molecule has 36 heavy (non-hydrogen) atoms. The second-order valence-electron chi connectivity index (χ2n) is 10.7. The lowest BCUT2D eigenvalue weighted by Gasteiger charge is -2.30. The Labute approximate surface area is 211 Å². The number of benzene rings is 2. The topological polar surface area (TPSA) is 9.23 Å². The number of ether oxygens (including phenoxy) is 1. The summed E-state index contributed by atoms with van der Waals surface area (Å²) < 4.78 is 70.1. The number of halogens is 5. The summed E-state index contributed by atoms with van der Waals surface area (Å²) in [5.74, 6) is -2.34. The number of hydrogen-bond acceptors (Lipinski definition) is 1. The first-order valence-electron chi connectivity index (χ1n) is 13.6. The van der Waals surface area contributed by atoms with E-state index in [1.807, 2.05) is 0 Å². The molecule has 1 fully saturated rings. The molecule has 1 atom stereocenters. The zero-order valence-electron chi connectivity index (χ0n) is 21.1. The van der Waals surface area contributed by atoms with E-state index in [2.05, 4.69) is 35.9 Å². The van der Waals surface area contributed by atoms with E-state index in [9.17, 15) is 22.0 Å². The lowest BCUT2D eigenvalue weighted by molar-refractivity contribution is -0.276. The third kappa shape index (κ3) is 6.80. The Hall–Kier alpha value is -2.11. The van der Waals surface area contributed by atoms with Crippen LogP contribution in [0.25, 0.3) is 0 Å². The summed E-state index contributed by atoms with van der Waals surface area (Å²) in [6, 6.07) is 9.64. The Morgan fingerprint density at radius 3 is 2.11 bits per heavy atom. The molecule has 0 spiro atoms. The first kappa shape index (κ1) is 26.9. The van der Waals surface area contributed by atoms with Gasteiger partial charge in [0.15, 0.2) is 11.6 Å². The van der Waals surface area contributed by atoms with E-state index in [1.54, 1.807) is 0 Å². The van der Waals surface area contributed by atoms with Crippen LogP contribution in [-0.2, 0) is 12.8 Å². The summed E-state index contributed by atoms with van der Waals surface area (Å²) in [6.07, 6.45) is 9.28. The van der Waals surface area contributed by atoms with Crippen molar-refractivity contribution in [1.29, 1.82) is 0 Å². The summed E-state index contributed by atoms with van der Waals surface area (Å²) in [7, 11) is 0. The van der Waals surface area contributed by atoms with Crippen LogP contribution in [0.15, 0.2) is 30.3 Å². The standard InChI is InChI=1S/C30H37F5O/c1-2-3-4-5-6-7-20-8-10-21(11-9-20)22-12-14-23(15-13-22)24-16-17-26-25(18-24)19-27(31)29(28(26)32)36-30(33,34)35/h12-15,19-21,24H,2-11,16-18H2,1H3. The van der Waals surface area contributed by atoms with E-state index in [0.717, 1.165) is 17.5 Å². The highest BCUT2D eigenvalue weighted by atomic mass is 19.4. The molecule has 2 aromatic rings. The second-order valence-corrected chi connectivity index (χ2v) is 10.7. The minimum atomic E-state index is -5.14. The highest BCUT2D eigenvalue weighted by Gasteiger charge is 2.36. The van der Waals surface area contributed by atoms with Crippen molar-refractivity contribution >= 4 is 0 Å². The Morgan fingerprint density at radius 2 is 1.47 bits per heavy atom. The molecule has 2 aromatic carbocycles. The van der Waals surface area contributed by atoms with Crippen molar-refractivity contribution in [1.82, 2.24) is 0 Å². The van der Waals surface area contributed by atoms with Crippen molar-refractivity contribution < 1.29 is 26.7 Å². The Bertz CT molecular complexity index is 990. The van der Waals surface area contributed by atoms with Gasteiger partial charge in [0.1, 0.15) is 0 Å². The molecule has 0 bridgehead atoms. The molecular formula is C30H37F5O. The van der Waals surface area contributed by atoms with Crippen molar-refractivity contribution in [2.24, 2.45) is 5.92 Å². The summed E-state index contributed by atoms with van der Waals surface area (Å²) in [6.45, 7) is 2.25. The normalized spacial score (nSPS) is 22.3. The highest BCUT2D eigenvalue weighted by molar-refractivity contribution is 5.42. The van der Waals surface area contributed by atoms with Crippen molar-refractivity contribution in [2.75, 3.05) is 0 Å². The molecule has 0 N–H and O–H groups in total. The van der Waals surface area contributed by atoms with E-state index in [0.29, 0.717) is 24.3 Å². The van der Waals surface area contributed by atoms with Crippen LogP contribution in [-0.4, -0.2) is 6.36 Å². The third-order valence-corrected chi connectivity index (χ3v) is 8.24. The van der Waals surface area contributed by atoms with Gasteiger partial charge in [0.2, 0.25) is 5.75 Å². The van der Waals surface area contributed by atoms with Gasteiger partial charge in [-0.15, -0.1) is 13.2 Å². The summed E-state index contributed by atoms with van der Waals surface area (Å²) in [5.41, 5.74) is 3.03. The number of rotatable bonds is 9. The molecular weight excluding hydrogens is 471 g/mol. The predicted molar refractivity (Wildman–Crippen MR) is 132 cm³/mol. The van der Waals surface area contributed by atoms with Crippen LogP contribution >= 0.6 is 0 Å². The van der Waals surface area contributed by atoms with Gasteiger partial charge in [0.05, 0.1) is 0 Å². The third-order valence-electron chi connectivity index (χ3n) is 8.24. The van der Waals surface area contributed by atoms with E-state index in [-0.39, 0.29) is 17.9 Å². The van der Waals surface area contributed by atoms with Gasteiger partial charge < -0.3 is 4.74 Å². The monoisotopic (exact) mass is 508 g/mol.